The molecule has 8 heteroatoms. The second-order valence-corrected chi connectivity index (χ2v) is 6.22. The van der Waals surface area contributed by atoms with Crippen molar-refractivity contribution < 1.29 is 14.6 Å². The lowest BCUT2D eigenvalue weighted by atomic mass is 10.2. The van der Waals surface area contributed by atoms with Crippen LogP contribution < -0.4 is 5.32 Å². The summed E-state index contributed by atoms with van der Waals surface area (Å²) in [5, 5.41) is 17.9. The molecular formula is C14H19ClN4O3. The Morgan fingerprint density at radius 3 is 3.05 bits per heavy atom. The molecule has 7 nitrogen and oxygen atoms in total. The van der Waals surface area contributed by atoms with Gasteiger partial charge in [-0.1, -0.05) is 11.6 Å². The van der Waals surface area contributed by atoms with Crippen molar-refractivity contribution in [3.63, 3.8) is 0 Å². The van der Waals surface area contributed by atoms with Crippen molar-refractivity contribution in [3.8, 4) is 0 Å². The molecule has 2 unspecified atom stereocenters. The monoisotopic (exact) mass is 326 g/mol. The van der Waals surface area contributed by atoms with E-state index in [2.05, 4.69) is 15.4 Å². The molecule has 0 spiro atoms. The van der Waals surface area contributed by atoms with Crippen LogP contribution in [0.15, 0.2) is 12.3 Å². The first kappa shape index (κ1) is 15.5. The first-order valence-electron chi connectivity index (χ1n) is 7.10. The van der Waals surface area contributed by atoms with Gasteiger partial charge >= 0.3 is 0 Å². The first-order valence-corrected chi connectivity index (χ1v) is 7.48. The summed E-state index contributed by atoms with van der Waals surface area (Å²) in [5.74, 6) is -0.654. The number of aliphatic hydroxyl groups is 1. The van der Waals surface area contributed by atoms with Crippen molar-refractivity contribution in [3.05, 3.63) is 23.1 Å². The van der Waals surface area contributed by atoms with Crippen molar-refractivity contribution in [1.29, 1.82) is 0 Å². The molecular weight excluding hydrogens is 308 g/mol. The van der Waals surface area contributed by atoms with Gasteiger partial charge in [0.15, 0.2) is 16.6 Å². The number of hydrogen-bond acceptors (Lipinski definition) is 6. The van der Waals surface area contributed by atoms with E-state index in [1.165, 1.54) is 0 Å². The van der Waals surface area contributed by atoms with Crippen molar-refractivity contribution >= 4 is 22.9 Å². The topological polar surface area (TPSA) is 80.9 Å². The normalized spacial score (nSPS) is 22.1. The number of rotatable bonds is 4. The molecule has 0 amide bonds. The number of ether oxygens (including phenoxy) is 2. The highest BCUT2D eigenvalue weighted by atomic mass is 35.5. The number of aliphatic hydroxyl groups excluding tert-OH is 1. The highest BCUT2D eigenvalue weighted by molar-refractivity contribution is 6.29. The predicted octanol–water partition coefficient (Wildman–Crippen LogP) is 1.62. The van der Waals surface area contributed by atoms with Crippen LogP contribution in [-0.4, -0.2) is 50.9 Å². The van der Waals surface area contributed by atoms with Gasteiger partial charge in [0, 0.05) is 12.6 Å². The maximum atomic E-state index is 10.2. The molecule has 0 aromatic carbocycles. The summed E-state index contributed by atoms with van der Waals surface area (Å²) in [7, 11) is 0. The maximum Gasteiger partial charge on any atom is 0.177 e. The lowest BCUT2D eigenvalue weighted by molar-refractivity contribution is -0.149. The zero-order chi connectivity index (χ0) is 15.9. The number of anilines is 1. The Balaban J connectivity index is 1.71. The summed E-state index contributed by atoms with van der Waals surface area (Å²) in [6.45, 7) is 6.21. The summed E-state index contributed by atoms with van der Waals surface area (Å²) in [4.78, 5) is 4.30. The van der Waals surface area contributed by atoms with Crippen molar-refractivity contribution in [2.45, 2.75) is 38.8 Å². The molecule has 22 heavy (non-hydrogen) atoms. The van der Waals surface area contributed by atoms with Gasteiger partial charge in [0.2, 0.25) is 0 Å². The highest BCUT2D eigenvalue weighted by Gasteiger charge is 2.36. The van der Waals surface area contributed by atoms with Gasteiger partial charge in [-0.05, 0) is 20.8 Å². The summed E-state index contributed by atoms with van der Waals surface area (Å²) >= 11 is 6.03. The minimum atomic E-state index is -0.704. The number of nitrogens with zero attached hydrogens (tertiary/aromatic N) is 3. The van der Waals surface area contributed by atoms with E-state index in [4.69, 9.17) is 21.1 Å². The summed E-state index contributed by atoms with van der Waals surface area (Å²) in [6, 6.07) is 1.69. The van der Waals surface area contributed by atoms with E-state index in [-0.39, 0.29) is 6.10 Å². The molecule has 0 saturated carbocycles. The molecule has 0 aliphatic carbocycles. The van der Waals surface area contributed by atoms with Crippen molar-refractivity contribution in [2.24, 2.45) is 0 Å². The fourth-order valence-electron chi connectivity index (χ4n) is 2.43. The molecule has 3 rings (SSSR count). The third-order valence-electron chi connectivity index (χ3n) is 3.57. The van der Waals surface area contributed by atoms with E-state index in [0.29, 0.717) is 29.6 Å². The maximum absolute atomic E-state index is 10.2. The van der Waals surface area contributed by atoms with Crippen LogP contribution in [0.2, 0.25) is 5.15 Å². The number of aromatic nitrogens is 3. The average molecular weight is 327 g/mol. The van der Waals surface area contributed by atoms with Gasteiger partial charge in [-0.3, -0.25) is 0 Å². The van der Waals surface area contributed by atoms with Gasteiger partial charge in [-0.2, -0.15) is 5.10 Å². The first-order chi connectivity index (χ1) is 10.4. The molecule has 2 N–H and O–H groups in total. The number of imidazole rings is 1. The van der Waals surface area contributed by atoms with Crippen LogP contribution in [0.1, 0.15) is 19.5 Å². The van der Waals surface area contributed by atoms with Crippen molar-refractivity contribution in [1.82, 2.24) is 14.6 Å². The zero-order valence-corrected chi connectivity index (χ0v) is 13.5. The second-order valence-electron chi connectivity index (χ2n) is 5.83. The van der Waals surface area contributed by atoms with Crippen LogP contribution in [0.25, 0.3) is 5.65 Å². The molecule has 2 atom stereocenters. The molecule has 2 aromatic rings. The molecule has 1 fully saturated rings. The molecule has 2 aromatic heterocycles. The van der Waals surface area contributed by atoms with Gasteiger partial charge in [0.1, 0.15) is 6.10 Å². The second kappa shape index (κ2) is 5.66. The third-order valence-corrected chi connectivity index (χ3v) is 3.75. The van der Waals surface area contributed by atoms with E-state index in [9.17, 15) is 5.11 Å². The van der Waals surface area contributed by atoms with E-state index in [1.54, 1.807) is 16.8 Å². The number of halogens is 1. The molecule has 3 heterocycles. The molecule has 0 bridgehead atoms. The van der Waals surface area contributed by atoms with Crippen LogP contribution in [0, 0.1) is 6.92 Å². The Bertz CT molecular complexity index is 688. The Morgan fingerprint density at radius 1 is 1.59 bits per heavy atom. The molecule has 1 aliphatic rings. The smallest absolute Gasteiger partial charge is 0.177 e. The Labute approximate surface area is 133 Å². The van der Waals surface area contributed by atoms with E-state index < -0.39 is 11.9 Å². The SMILES string of the molecule is Cc1cnc2c(NCC(O)C3COC(C)(C)O3)cc(Cl)nn12. The van der Waals surface area contributed by atoms with Crippen LogP contribution >= 0.6 is 11.6 Å². The van der Waals surface area contributed by atoms with E-state index in [1.807, 2.05) is 20.8 Å². The molecule has 1 saturated heterocycles. The predicted molar refractivity (Wildman–Crippen MR) is 82.1 cm³/mol. The Morgan fingerprint density at radius 2 is 2.36 bits per heavy atom. The van der Waals surface area contributed by atoms with Crippen LogP contribution in [0.4, 0.5) is 5.69 Å². The van der Waals surface area contributed by atoms with E-state index >= 15 is 0 Å². The lowest BCUT2D eigenvalue weighted by Crippen LogP contribution is -2.35. The summed E-state index contributed by atoms with van der Waals surface area (Å²) in [6.07, 6.45) is 0.651. The third kappa shape index (κ3) is 3.03. The largest absolute Gasteiger partial charge is 0.388 e. The van der Waals surface area contributed by atoms with Crippen LogP contribution in [-0.2, 0) is 9.47 Å². The highest BCUT2D eigenvalue weighted by Crippen LogP contribution is 2.25. The standard InChI is InChI=1S/C14H19ClN4O3/c1-8-5-17-13-9(4-12(15)18-19(8)13)16-6-10(20)11-7-21-14(2,3)22-11/h4-5,10-11,16,20H,6-7H2,1-3H3. The number of fused-ring (bicyclic) bond motifs is 1. The number of aryl methyl sites for hydroxylation is 1. The number of hydrogen-bond donors (Lipinski definition) is 2. The Kier molecular flexibility index (Phi) is 3.98. The summed E-state index contributed by atoms with van der Waals surface area (Å²) in [5.41, 5.74) is 2.26. The Hall–Kier alpha value is -1.41. The van der Waals surface area contributed by atoms with Gasteiger partial charge < -0.3 is 19.9 Å². The van der Waals surface area contributed by atoms with Crippen molar-refractivity contribution in [2.75, 3.05) is 18.5 Å². The fourth-order valence-corrected chi connectivity index (χ4v) is 2.61. The van der Waals surface area contributed by atoms with Gasteiger partial charge in [0.25, 0.3) is 0 Å². The van der Waals surface area contributed by atoms with E-state index in [0.717, 1.165) is 5.69 Å². The van der Waals surface area contributed by atoms with Gasteiger partial charge in [-0.25, -0.2) is 9.50 Å². The zero-order valence-electron chi connectivity index (χ0n) is 12.7. The average Bonchev–Trinajstić information content (AvgIpc) is 2.99. The molecule has 1 aliphatic heterocycles. The minimum Gasteiger partial charge on any atom is -0.388 e. The van der Waals surface area contributed by atoms with Gasteiger partial charge in [-0.15, -0.1) is 0 Å². The minimum absolute atomic E-state index is 0.298. The molecule has 120 valence electrons. The fraction of sp³-hybridized carbons (Fsp3) is 0.571. The molecule has 0 radical (unpaired) electrons. The quantitative estimate of drug-likeness (QED) is 0.888. The van der Waals surface area contributed by atoms with Crippen LogP contribution in [0.3, 0.4) is 0 Å². The van der Waals surface area contributed by atoms with Gasteiger partial charge in [0.05, 0.1) is 30.3 Å². The van der Waals surface area contributed by atoms with Crippen LogP contribution in [0.5, 0.6) is 0 Å². The lowest BCUT2D eigenvalue weighted by Gasteiger charge is -2.21. The number of nitrogens with one attached hydrogen (secondary N) is 1. The summed E-state index contributed by atoms with van der Waals surface area (Å²) < 4.78 is 12.8.